The molecule has 2 aromatic carbocycles. The summed E-state index contributed by atoms with van der Waals surface area (Å²) in [6.07, 6.45) is -0.00658. The van der Waals surface area contributed by atoms with Gasteiger partial charge in [0.2, 0.25) is 5.91 Å². The first kappa shape index (κ1) is 21.5. The maximum atomic E-state index is 13.7. The van der Waals surface area contributed by atoms with E-state index >= 15 is 0 Å². The van der Waals surface area contributed by atoms with E-state index in [2.05, 4.69) is 25.7 Å². The molecule has 0 bridgehead atoms. The van der Waals surface area contributed by atoms with Crippen molar-refractivity contribution in [3.8, 4) is 0 Å². The Morgan fingerprint density at radius 1 is 1.06 bits per heavy atom. The van der Waals surface area contributed by atoms with Gasteiger partial charge in [0.25, 0.3) is 0 Å². The summed E-state index contributed by atoms with van der Waals surface area (Å²) < 4.78 is 18.8. The van der Waals surface area contributed by atoms with Crippen molar-refractivity contribution in [1.29, 1.82) is 0 Å². The van der Waals surface area contributed by atoms with E-state index in [1.165, 1.54) is 17.0 Å². The van der Waals surface area contributed by atoms with E-state index in [1.54, 1.807) is 12.1 Å². The van der Waals surface area contributed by atoms with Crippen molar-refractivity contribution in [1.82, 2.24) is 9.80 Å². The number of imide groups is 1. The standard InChI is InChI=1S/C25H29FN2O3/c1-25(2,3)27-14-21(18-9-11-19(26)12-10-18)22(15-27)23(29)28-20(16-31-24(28)30)13-17-7-5-4-6-8-17/h4-12,20-22H,13-16H2,1-3H3/t20-,21?,22?/m0/s1. The van der Waals surface area contributed by atoms with E-state index in [9.17, 15) is 14.0 Å². The number of amides is 2. The summed E-state index contributed by atoms with van der Waals surface area (Å²) in [7, 11) is 0. The van der Waals surface area contributed by atoms with Gasteiger partial charge in [0.05, 0.1) is 12.0 Å². The fraction of sp³-hybridized carbons (Fsp3) is 0.440. The van der Waals surface area contributed by atoms with Gasteiger partial charge in [-0.2, -0.15) is 0 Å². The predicted octanol–water partition coefficient (Wildman–Crippen LogP) is 4.23. The number of halogens is 1. The van der Waals surface area contributed by atoms with Crippen molar-refractivity contribution >= 4 is 12.0 Å². The zero-order valence-electron chi connectivity index (χ0n) is 18.3. The Kier molecular flexibility index (Phi) is 5.84. The molecule has 2 aromatic rings. The number of carbonyl (C=O) groups is 2. The first-order chi connectivity index (χ1) is 14.7. The lowest BCUT2D eigenvalue weighted by Gasteiger charge is -2.32. The maximum absolute atomic E-state index is 13.7. The number of hydrogen-bond donors (Lipinski definition) is 0. The van der Waals surface area contributed by atoms with Crippen LogP contribution in [0.4, 0.5) is 9.18 Å². The molecule has 0 saturated carbocycles. The second kappa shape index (κ2) is 8.42. The van der Waals surface area contributed by atoms with Crippen LogP contribution in [0.2, 0.25) is 0 Å². The zero-order chi connectivity index (χ0) is 22.2. The first-order valence-electron chi connectivity index (χ1n) is 10.8. The van der Waals surface area contributed by atoms with Crippen LogP contribution in [0, 0.1) is 11.7 Å². The molecule has 2 saturated heterocycles. The van der Waals surface area contributed by atoms with Crippen molar-refractivity contribution in [3.63, 3.8) is 0 Å². The highest BCUT2D eigenvalue weighted by Crippen LogP contribution is 2.38. The molecule has 2 heterocycles. The zero-order valence-corrected chi connectivity index (χ0v) is 18.3. The predicted molar refractivity (Wildman–Crippen MR) is 116 cm³/mol. The lowest BCUT2D eigenvalue weighted by Crippen LogP contribution is -2.46. The average Bonchev–Trinajstić information content (AvgIpc) is 3.33. The van der Waals surface area contributed by atoms with Crippen molar-refractivity contribution < 1.29 is 18.7 Å². The molecule has 2 aliphatic rings. The molecule has 2 amide bonds. The molecule has 0 radical (unpaired) electrons. The minimum atomic E-state index is -0.571. The molecule has 6 heteroatoms. The normalized spacial score (nSPS) is 24.5. The summed E-state index contributed by atoms with van der Waals surface area (Å²) in [4.78, 5) is 29.8. The monoisotopic (exact) mass is 424 g/mol. The third-order valence-electron chi connectivity index (χ3n) is 6.40. The molecule has 4 rings (SSSR count). The second-order valence-electron chi connectivity index (χ2n) is 9.47. The highest BCUT2D eigenvalue weighted by Gasteiger charge is 2.48. The minimum absolute atomic E-state index is 0.113. The maximum Gasteiger partial charge on any atom is 0.416 e. The van der Waals surface area contributed by atoms with Gasteiger partial charge in [-0.05, 0) is 50.5 Å². The molecule has 2 aliphatic heterocycles. The highest BCUT2D eigenvalue weighted by molar-refractivity contribution is 5.95. The lowest BCUT2D eigenvalue weighted by molar-refractivity contribution is -0.133. The van der Waals surface area contributed by atoms with Crippen LogP contribution in [-0.2, 0) is 16.0 Å². The average molecular weight is 425 g/mol. The van der Waals surface area contributed by atoms with Gasteiger partial charge in [0.15, 0.2) is 0 Å². The van der Waals surface area contributed by atoms with Crippen LogP contribution < -0.4 is 0 Å². The van der Waals surface area contributed by atoms with Crippen LogP contribution in [0.15, 0.2) is 54.6 Å². The Morgan fingerprint density at radius 3 is 2.39 bits per heavy atom. The molecule has 0 spiro atoms. The third-order valence-corrected chi connectivity index (χ3v) is 6.40. The Morgan fingerprint density at radius 2 is 1.74 bits per heavy atom. The van der Waals surface area contributed by atoms with Crippen LogP contribution in [0.25, 0.3) is 0 Å². The van der Waals surface area contributed by atoms with E-state index in [0.29, 0.717) is 19.5 Å². The topological polar surface area (TPSA) is 49.9 Å². The highest BCUT2D eigenvalue weighted by atomic mass is 19.1. The van der Waals surface area contributed by atoms with Crippen molar-refractivity contribution in [2.75, 3.05) is 19.7 Å². The molecule has 2 fully saturated rings. The summed E-state index contributed by atoms with van der Waals surface area (Å²) in [6, 6.07) is 15.8. The van der Waals surface area contributed by atoms with Crippen LogP contribution >= 0.6 is 0 Å². The Bertz CT molecular complexity index is 939. The summed E-state index contributed by atoms with van der Waals surface area (Å²) in [5, 5.41) is 0. The number of cyclic esters (lactones) is 1. The van der Waals surface area contributed by atoms with Gasteiger partial charge >= 0.3 is 6.09 Å². The quantitative estimate of drug-likeness (QED) is 0.737. The van der Waals surface area contributed by atoms with Gasteiger partial charge in [-0.25, -0.2) is 14.1 Å². The number of ether oxygens (including phenoxy) is 1. The fourth-order valence-corrected chi connectivity index (χ4v) is 4.60. The molecule has 0 N–H and O–H groups in total. The number of likely N-dealkylation sites (tertiary alicyclic amines) is 1. The van der Waals surface area contributed by atoms with E-state index in [4.69, 9.17) is 4.74 Å². The SMILES string of the molecule is CC(C)(C)N1CC(C(=O)N2C(=O)OC[C@@H]2Cc2ccccc2)C(c2ccc(F)cc2)C1. The van der Waals surface area contributed by atoms with Crippen molar-refractivity contribution in [3.05, 3.63) is 71.5 Å². The second-order valence-corrected chi connectivity index (χ2v) is 9.47. The number of nitrogens with zero attached hydrogens (tertiary/aromatic N) is 2. The summed E-state index contributed by atoms with van der Waals surface area (Å²) in [5.41, 5.74) is 1.85. The van der Waals surface area contributed by atoms with Crippen LogP contribution in [0.5, 0.6) is 0 Å². The lowest BCUT2D eigenvalue weighted by atomic mass is 9.87. The third kappa shape index (κ3) is 4.49. The van der Waals surface area contributed by atoms with Crippen LogP contribution in [0.1, 0.15) is 37.8 Å². The molecule has 0 aliphatic carbocycles. The Labute approximate surface area is 182 Å². The number of rotatable bonds is 4. The molecule has 3 atom stereocenters. The van der Waals surface area contributed by atoms with Crippen LogP contribution in [-0.4, -0.2) is 53.1 Å². The minimum Gasteiger partial charge on any atom is -0.447 e. The molecule has 31 heavy (non-hydrogen) atoms. The molecule has 5 nitrogen and oxygen atoms in total. The molecule has 2 unspecified atom stereocenters. The van der Waals surface area contributed by atoms with Gasteiger partial charge < -0.3 is 4.74 Å². The van der Waals surface area contributed by atoms with Gasteiger partial charge in [-0.1, -0.05) is 42.5 Å². The Hall–Kier alpha value is -2.73. The summed E-state index contributed by atoms with van der Waals surface area (Å²) in [6.45, 7) is 7.78. The fourth-order valence-electron chi connectivity index (χ4n) is 4.60. The number of carbonyl (C=O) groups excluding carboxylic acids is 2. The molecular weight excluding hydrogens is 395 g/mol. The van der Waals surface area contributed by atoms with Gasteiger partial charge in [-0.3, -0.25) is 9.69 Å². The van der Waals surface area contributed by atoms with E-state index in [1.807, 2.05) is 30.3 Å². The van der Waals surface area contributed by atoms with Gasteiger partial charge in [0.1, 0.15) is 12.4 Å². The smallest absolute Gasteiger partial charge is 0.416 e. The first-order valence-corrected chi connectivity index (χ1v) is 10.8. The van der Waals surface area contributed by atoms with E-state index in [-0.39, 0.29) is 35.8 Å². The van der Waals surface area contributed by atoms with Gasteiger partial charge in [-0.15, -0.1) is 0 Å². The number of hydrogen-bond acceptors (Lipinski definition) is 4. The Balaban J connectivity index is 1.61. The van der Waals surface area contributed by atoms with E-state index < -0.39 is 12.0 Å². The molecule has 0 aromatic heterocycles. The van der Waals surface area contributed by atoms with Gasteiger partial charge in [0, 0.05) is 24.5 Å². The van der Waals surface area contributed by atoms with Crippen molar-refractivity contribution in [2.24, 2.45) is 5.92 Å². The largest absolute Gasteiger partial charge is 0.447 e. The summed E-state index contributed by atoms with van der Waals surface area (Å²) >= 11 is 0. The number of benzene rings is 2. The molecule has 164 valence electrons. The van der Waals surface area contributed by atoms with Crippen LogP contribution in [0.3, 0.4) is 0 Å². The van der Waals surface area contributed by atoms with E-state index in [0.717, 1.165) is 11.1 Å². The molecular formula is C25H29FN2O3. The summed E-state index contributed by atoms with van der Waals surface area (Å²) in [5.74, 6) is -1.01. The van der Waals surface area contributed by atoms with Crippen molar-refractivity contribution in [2.45, 2.75) is 44.7 Å².